The summed E-state index contributed by atoms with van der Waals surface area (Å²) in [5.41, 5.74) is 1.43. The van der Waals surface area contributed by atoms with Gasteiger partial charge < -0.3 is 14.2 Å². The van der Waals surface area contributed by atoms with Crippen molar-refractivity contribution in [1.82, 2.24) is 4.90 Å². The number of halogens is 1. The molecule has 1 fully saturated rings. The van der Waals surface area contributed by atoms with Gasteiger partial charge in [-0.1, -0.05) is 11.6 Å². The number of amidine groups is 1. The minimum Gasteiger partial charge on any atom is -0.497 e. The molecule has 2 aromatic rings. The number of thioether (sulfide) groups is 1. The van der Waals surface area contributed by atoms with Crippen LogP contribution in [0.4, 0.5) is 5.69 Å². The molecule has 1 saturated heterocycles. The van der Waals surface area contributed by atoms with E-state index in [1.54, 1.807) is 30.2 Å². The lowest BCUT2D eigenvalue weighted by molar-refractivity contribution is -0.122. The number of amides is 1. The Kier molecular flexibility index (Phi) is 7.87. The first-order valence-electron chi connectivity index (χ1n) is 10.0. The normalized spacial score (nSPS) is 16.3. The molecule has 0 spiro atoms. The maximum absolute atomic E-state index is 13.0. The van der Waals surface area contributed by atoms with E-state index in [2.05, 4.69) is 4.99 Å². The number of likely N-dealkylation sites (N-methyl/N-ethyl adjacent to an activating group) is 1. The van der Waals surface area contributed by atoms with Crippen LogP contribution in [0.15, 0.2) is 46.3 Å². The third-order valence-corrected chi connectivity index (χ3v) is 5.78. The molecule has 0 radical (unpaired) electrons. The molecule has 2 aromatic carbocycles. The van der Waals surface area contributed by atoms with E-state index in [0.717, 1.165) is 11.4 Å². The maximum Gasteiger partial charge on any atom is 0.266 e. The Morgan fingerprint density at radius 2 is 1.71 bits per heavy atom. The highest BCUT2D eigenvalue weighted by molar-refractivity contribution is 8.18. The SMILES string of the molecule is CCOc1cc(Cl)c(/C=C2/SC(=Nc3ccc(OC)cc3)N(CC)C2=O)cc1OCC. The average Bonchev–Trinajstić information content (AvgIpc) is 3.06. The molecule has 1 aliphatic heterocycles. The van der Waals surface area contributed by atoms with Crippen LogP contribution < -0.4 is 14.2 Å². The highest BCUT2D eigenvalue weighted by Gasteiger charge is 2.32. The summed E-state index contributed by atoms with van der Waals surface area (Å²) in [7, 11) is 1.62. The highest BCUT2D eigenvalue weighted by atomic mass is 35.5. The maximum atomic E-state index is 13.0. The van der Waals surface area contributed by atoms with Gasteiger partial charge in [-0.2, -0.15) is 0 Å². The van der Waals surface area contributed by atoms with E-state index in [4.69, 9.17) is 25.8 Å². The van der Waals surface area contributed by atoms with Crippen molar-refractivity contribution in [2.75, 3.05) is 26.9 Å². The predicted molar refractivity (Wildman–Crippen MR) is 127 cm³/mol. The van der Waals surface area contributed by atoms with Gasteiger partial charge in [0.25, 0.3) is 5.91 Å². The minimum absolute atomic E-state index is 0.109. The quantitative estimate of drug-likeness (QED) is 0.468. The molecule has 0 saturated carbocycles. The molecule has 8 heteroatoms. The topological polar surface area (TPSA) is 60.4 Å². The molecule has 0 aliphatic carbocycles. The smallest absolute Gasteiger partial charge is 0.266 e. The van der Waals surface area contributed by atoms with E-state index in [-0.39, 0.29) is 5.91 Å². The van der Waals surface area contributed by atoms with Gasteiger partial charge in [0.2, 0.25) is 0 Å². The Morgan fingerprint density at radius 1 is 1.06 bits per heavy atom. The second kappa shape index (κ2) is 10.6. The molecule has 164 valence electrons. The van der Waals surface area contributed by atoms with Gasteiger partial charge in [0.15, 0.2) is 16.7 Å². The minimum atomic E-state index is -0.109. The first-order valence-corrected chi connectivity index (χ1v) is 11.2. The summed E-state index contributed by atoms with van der Waals surface area (Å²) in [6.45, 7) is 7.23. The van der Waals surface area contributed by atoms with Gasteiger partial charge in [0.05, 0.1) is 35.9 Å². The molecule has 0 atom stereocenters. The molecule has 1 aliphatic rings. The van der Waals surface area contributed by atoms with E-state index in [1.165, 1.54) is 11.8 Å². The Labute approximate surface area is 191 Å². The summed E-state index contributed by atoms with van der Waals surface area (Å²) in [6, 6.07) is 10.9. The summed E-state index contributed by atoms with van der Waals surface area (Å²) < 4.78 is 16.5. The van der Waals surface area contributed by atoms with Gasteiger partial charge >= 0.3 is 0 Å². The summed E-state index contributed by atoms with van der Waals surface area (Å²) in [5, 5.41) is 1.10. The van der Waals surface area contributed by atoms with Crippen LogP contribution in [0.1, 0.15) is 26.3 Å². The zero-order valence-electron chi connectivity index (χ0n) is 18.0. The number of methoxy groups -OCH3 is 1. The van der Waals surface area contributed by atoms with Crippen LogP contribution in [0.2, 0.25) is 5.02 Å². The number of hydrogen-bond acceptors (Lipinski definition) is 6. The Balaban J connectivity index is 1.94. The average molecular weight is 461 g/mol. The van der Waals surface area contributed by atoms with Crippen molar-refractivity contribution in [1.29, 1.82) is 0 Å². The summed E-state index contributed by atoms with van der Waals surface area (Å²) in [4.78, 5) is 19.8. The number of nitrogens with zero attached hydrogens (tertiary/aromatic N) is 2. The summed E-state index contributed by atoms with van der Waals surface area (Å²) in [6.07, 6.45) is 1.77. The molecule has 0 bridgehead atoms. The fourth-order valence-electron chi connectivity index (χ4n) is 2.98. The van der Waals surface area contributed by atoms with Crippen LogP contribution in [0, 0.1) is 0 Å². The lowest BCUT2D eigenvalue weighted by Gasteiger charge is -2.13. The van der Waals surface area contributed by atoms with Gasteiger partial charge in [0, 0.05) is 12.6 Å². The van der Waals surface area contributed by atoms with Crippen LogP contribution in [-0.4, -0.2) is 42.8 Å². The number of carbonyl (C=O) groups excluding carboxylic acids is 1. The Bertz CT molecular complexity index is 1010. The third-order valence-electron chi connectivity index (χ3n) is 4.45. The predicted octanol–water partition coefficient (Wildman–Crippen LogP) is 5.77. The molecular weight excluding hydrogens is 436 g/mol. The second-order valence-corrected chi connectivity index (χ2v) is 7.86. The summed E-state index contributed by atoms with van der Waals surface area (Å²) >= 11 is 7.79. The molecular formula is C23H25ClN2O4S. The number of aliphatic imine (C=N–C) groups is 1. The van der Waals surface area contributed by atoms with Crippen LogP contribution in [-0.2, 0) is 4.79 Å². The van der Waals surface area contributed by atoms with Crippen molar-refractivity contribution >= 4 is 46.2 Å². The molecule has 6 nitrogen and oxygen atoms in total. The van der Waals surface area contributed by atoms with E-state index in [0.29, 0.717) is 51.9 Å². The fraction of sp³-hybridized carbons (Fsp3) is 0.304. The van der Waals surface area contributed by atoms with Crippen LogP contribution >= 0.6 is 23.4 Å². The van der Waals surface area contributed by atoms with Crippen LogP contribution in [0.5, 0.6) is 17.2 Å². The largest absolute Gasteiger partial charge is 0.497 e. The van der Waals surface area contributed by atoms with Crippen molar-refractivity contribution < 1.29 is 19.0 Å². The van der Waals surface area contributed by atoms with E-state index in [1.807, 2.05) is 45.0 Å². The molecule has 1 amide bonds. The monoisotopic (exact) mass is 460 g/mol. The van der Waals surface area contributed by atoms with Crippen molar-refractivity contribution in [3.05, 3.63) is 51.9 Å². The van der Waals surface area contributed by atoms with Crippen molar-refractivity contribution in [3.8, 4) is 17.2 Å². The Hall–Kier alpha value is -2.64. The number of ether oxygens (including phenoxy) is 3. The standard InChI is InChI=1S/C23H25ClN2O4S/c1-5-26-22(27)21(31-23(26)25-16-8-10-17(28-4)11-9-16)13-15-12-19(29-6-2)20(30-7-3)14-18(15)24/h8-14H,5-7H2,1-4H3/b21-13+,25-23?. The van der Waals surface area contributed by atoms with E-state index in [9.17, 15) is 4.79 Å². The summed E-state index contributed by atoms with van der Waals surface area (Å²) in [5.74, 6) is 1.82. The van der Waals surface area contributed by atoms with Crippen LogP contribution in [0.25, 0.3) is 6.08 Å². The first-order chi connectivity index (χ1) is 15.0. The molecule has 0 unspecified atom stereocenters. The molecule has 31 heavy (non-hydrogen) atoms. The lowest BCUT2D eigenvalue weighted by Crippen LogP contribution is -2.28. The molecule has 3 rings (SSSR count). The van der Waals surface area contributed by atoms with Gasteiger partial charge in [-0.25, -0.2) is 4.99 Å². The first kappa shape index (κ1) is 23.0. The van der Waals surface area contributed by atoms with E-state index >= 15 is 0 Å². The van der Waals surface area contributed by atoms with Crippen molar-refractivity contribution in [2.24, 2.45) is 4.99 Å². The Morgan fingerprint density at radius 3 is 2.29 bits per heavy atom. The highest BCUT2D eigenvalue weighted by Crippen LogP contribution is 2.38. The third kappa shape index (κ3) is 5.35. The van der Waals surface area contributed by atoms with Crippen molar-refractivity contribution in [3.63, 3.8) is 0 Å². The number of benzene rings is 2. The fourth-order valence-corrected chi connectivity index (χ4v) is 4.24. The van der Waals surface area contributed by atoms with Crippen molar-refractivity contribution in [2.45, 2.75) is 20.8 Å². The zero-order chi connectivity index (χ0) is 22.4. The molecule has 1 heterocycles. The van der Waals surface area contributed by atoms with E-state index < -0.39 is 0 Å². The van der Waals surface area contributed by atoms with Gasteiger partial charge in [0.1, 0.15) is 5.75 Å². The number of hydrogen-bond donors (Lipinski definition) is 0. The molecule has 0 N–H and O–H groups in total. The van der Waals surface area contributed by atoms with Gasteiger partial charge in [-0.3, -0.25) is 9.69 Å². The van der Waals surface area contributed by atoms with Crippen LogP contribution in [0.3, 0.4) is 0 Å². The zero-order valence-corrected chi connectivity index (χ0v) is 19.5. The lowest BCUT2D eigenvalue weighted by atomic mass is 10.1. The molecule has 0 aromatic heterocycles. The van der Waals surface area contributed by atoms with Gasteiger partial charge in [-0.05, 0) is 74.5 Å². The number of rotatable bonds is 8. The number of carbonyl (C=O) groups is 1. The second-order valence-electron chi connectivity index (χ2n) is 6.44. The van der Waals surface area contributed by atoms with Gasteiger partial charge in [-0.15, -0.1) is 0 Å².